The quantitative estimate of drug-likeness (QED) is 0.227. The van der Waals surface area contributed by atoms with Crippen LogP contribution in [-0.4, -0.2) is 37.8 Å². The van der Waals surface area contributed by atoms with Gasteiger partial charge in [-0.25, -0.2) is 4.39 Å². The summed E-state index contributed by atoms with van der Waals surface area (Å²) in [6.45, 7) is 9.34. The van der Waals surface area contributed by atoms with Crippen LogP contribution in [-0.2, 0) is 14.9 Å². The van der Waals surface area contributed by atoms with Crippen LogP contribution in [0.5, 0.6) is 11.5 Å². The largest absolute Gasteiger partial charge is 0.494 e. The highest BCUT2D eigenvalue weighted by Gasteiger charge is 2.23. The van der Waals surface area contributed by atoms with Crippen LogP contribution in [0.25, 0.3) is 0 Å². The molecule has 2 rings (SSSR count). The molecule has 0 heterocycles. The third kappa shape index (κ3) is 8.78. The van der Waals surface area contributed by atoms with Crippen molar-refractivity contribution in [2.45, 2.75) is 52.6 Å². The molecule has 0 N–H and O–H groups in total. The summed E-state index contributed by atoms with van der Waals surface area (Å²) in [5.74, 6) is 1.49. The van der Waals surface area contributed by atoms with E-state index in [2.05, 4.69) is 26.0 Å². The van der Waals surface area contributed by atoms with Gasteiger partial charge in [-0.2, -0.15) is 0 Å². The van der Waals surface area contributed by atoms with Gasteiger partial charge in [-0.3, -0.25) is 4.79 Å². The van der Waals surface area contributed by atoms with Crippen molar-refractivity contribution in [1.29, 1.82) is 0 Å². The Bertz CT molecular complexity index is 760. The van der Waals surface area contributed by atoms with Crippen LogP contribution in [0.1, 0.15) is 52.2 Å². The van der Waals surface area contributed by atoms with E-state index in [0.717, 1.165) is 23.3 Å². The van der Waals surface area contributed by atoms with Gasteiger partial charge in [0, 0.05) is 18.2 Å². The minimum absolute atomic E-state index is 0.0238. The van der Waals surface area contributed by atoms with Gasteiger partial charge in [-0.15, -0.1) is 11.6 Å². The van der Waals surface area contributed by atoms with Gasteiger partial charge in [0.1, 0.15) is 24.8 Å². The summed E-state index contributed by atoms with van der Waals surface area (Å²) in [6, 6.07) is 15.7. The summed E-state index contributed by atoms with van der Waals surface area (Å²) in [7, 11) is 0. The predicted molar refractivity (Wildman–Crippen MR) is 124 cm³/mol. The molecule has 6 heteroatoms. The summed E-state index contributed by atoms with van der Waals surface area (Å²) in [5, 5.41) is 0. The van der Waals surface area contributed by atoms with Gasteiger partial charge < -0.3 is 14.2 Å². The average molecular weight is 453 g/mol. The maximum atomic E-state index is 12.9. The summed E-state index contributed by atoms with van der Waals surface area (Å²) >= 11 is 5.67. The lowest BCUT2D eigenvalue weighted by Crippen LogP contribution is -2.26. The maximum absolute atomic E-state index is 12.9. The van der Waals surface area contributed by atoms with Crippen LogP contribution >= 0.6 is 11.6 Å². The van der Waals surface area contributed by atoms with Gasteiger partial charge in [-0.1, -0.05) is 52.0 Å². The Balaban J connectivity index is 0.00000233. The first kappa shape index (κ1) is 26.8. The van der Waals surface area contributed by atoms with Crippen molar-refractivity contribution in [2.75, 3.05) is 25.8 Å². The number of esters is 1. The molecule has 172 valence electrons. The van der Waals surface area contributed by atoms with Crippen molar-refractivity contribution < 1.29 is 23.4 Å². The molecule has 4 nitrogen and oxygen atoms in total. The first-order valence-electron chi connectivity index (χ1n) is 10.6. The van der Waals surface area contributed by atoms with Gasteiger partial charge in [0.15, 0.2) is 6.10 Å². The standard InChI is InChI=1S/C23H28ClFO4.C2H6/c1-17(26)29-22(15-25)16-28-21-11-7-19(8-12-21)23(2,3)18-5-9-20(10-6-18)27-14-4-13-24;1-2/h5-12,22H,4,13-16H2,1-3H3;1-2H3. The van der Waals surface area contributed by atoms with Gasteiger partial charge >= 0.3 is 5.97 Å². The molecular formula is C25H34ClFO4. The molecule has 31 heavy (non-hydrogen) atoms. The first-order chi connectivity index (χ1) is 14.9. The van der Waals surface area contributed by atoms with Gasteiger partial charge in [-0.05, 0) is 41.8 Å². The van der Waals surface area contributed by atoms with Crippen molar-refractivity contribution in [3.8, 4) is 11.5 Å². The molecule has 0 saturated heterocycles. The lowest BCUT2D eigenvalue weighted by atomic mass is 9.78. The Kier molecular flexibility index (Phi) is 12.0. The zero-order valence-electron chi connectivity index (χ0n) is 19.1. The molecule has 2 aromatic carbocycles. The minimum atomic E-state index is -0.895. The molecule has 0 aromatic heterocycles. The SMILES string of the molecule is CC.CC(=O)OC(CF)COc1ccc(C(C)(C)c2ccc(OCCCCl)cc2)cc1. The fourth-order valence-corrected chi connectivity index (χ4v) is 2.99. The smallest absolute Gasteiger partial charge is 0.303 e. The highest BCUT2D eigenvalue weighted by molar-refractivity contribution is 6.17. The monoisotopic (exact) mass is 452 g/mol. The number of ether oxygens (including phenoxy) is 3. The molecule has 0 aliphatic heterocycles. The number of rotatable bonds is 11. The molecule has 0 amide bonds. The van der Waals surface area contributed by atoms with E-state index in [1.165, 1.54) is 6.92 Å². The number of alkyl halides is 2. The van der Waals surface area contributed by atoms with Crippen LogP contribution < -0.4 is 9.47 Å². The maximum Gasteiger partial charge on any atom is 0.303 e. The second kappa shape index (κ2) is 13.9. The van der Waals surface area contributed by atoms with Crippen LogP contribution in [0.4, 0.5) is 4.39 Å². The fraction of sp³-hybridized carbons (Fsp3) is 0.480. The van der Waals surface area contributed by atoms with Gasteiger partial charge in [0.05, 0.1) is 6.61 Å². The molecule has 1 atom stereocenters. The topological polar surface area (TPSA) is 44.8 Å². The summed E-state index contributed by atoms with van der Waals surface area (Å²) < 4.78 is 28.9. The molecule has 0 fully saturated rings. The Hall–Kier alpha value is -2.27. The molecule has 0 radical (unpaired) electrons. The Morgan fingerprint density at radius 3 is 1.87 bits per heavy atom. The number of hydrogen-bond acceptors (Lipinski definition) is 4. The van der Waals surface area contributed by atoms with Crippen molar-refractivity contribution in [1.82, 2.24) is 0 Å². The Morgan fingerprint density at radius 1 is 0.968 bits per heavy atom. The van der Waals surface area contributed by atoms with E-state index >= 15 is 0 Å². The molecule has 0 spiro atoms. The highest BCUT2D eigenvalue weighted by Crippen LogP contribution is 2.33. The molecule has 1 unspecified atom stereocenters. The van der Waals surface area contributed by atoms with Gasteiger partial charge in [0.25, 0.3) is 0 Å². The van der Waals surface area contributed by atoms with Crippen LogP contribution in [0.15, 0.2) is 48.5 Å². The summed E-state index contributed by atoms with van der Waals surface area (Å²) in [5.41, 5.74) is 2.05. The molecule has 2 aromatic rings. The fourth-order valence-electron chi connectivity index (χ4n) is 2.88. The predicted octanol–water partition coefficient (Wildman–Crippen LogP) is 6.33. The zero-order chi connectivity index (χ0) is 23.3. The number of carbonyl (C=O) groups excluding carboxylic acids is 1. The average Bonchev–Trinajstić information content (AvgIpc) is 2.78. The number of hydrogen-bond donors (Lipinski definition) is 0. The molecule has 0 aliphatic carbocycles. The number of halogens is 2. The van der Waals surface area contributed by atoms with Crippen molar-refractivity contribution >= 4 is 17.6 Å². The van der Waals surface area contributed by atoms with Crippen LogP contribution in [0.3, 0.4) is 0 Å². The van der Waals surface area contributed by atoms with Gasteiger partial charge in [0.2, 0.25) is 0 Å². The van der Waals surface area contributed by atoms with Crippen molar-refractivity contribution in [2.24, 2.45) is 0 Å². The van der Waals surface area contributed by atoms with E-state index in [0.29, 0.717) is 18.2 Å². The van der Waals surface area contributed by atoms with E-state index in [1.807, 2.05) is 50.2 Å². The molecule has 0 aliphatic rings. The molecule has 0 bridgehead atoms. The Labute approximate surface area is 190 Å². The number of benzene rings is 2. The van der Waals surface area contributed by atoms with E-state index in [1.54, 1.807) is 0 Å². The summed E-state index contributed by atoms with van der Waals surface area (Å²) in [4.78, 5) is 10.9. The van der Waals surface area contributed by atoms with E-state index in [9.17, 15) is 9.18 Å². The zero-order valence-corrected chi connectivity index (χ0v) is 19.9. The summed E-state index contributed by atoms with van der Waals surface area (Å²) in [6.07, 6.45) is -0.0790. The molecular weight excluding hydrogens is 419 g/mol. The van der Waals surface area contributed by atoms with Crippen LogP contribution in [0.2, 0.25) is 0 Å². The van der Waals surface area contributed by atoms with E-state index < -0.39 is 18.7 Å². The Morgan fingerprint density at radius 2 is 1.45 bits per heavy atom. The lowest BCUT2D eigenvalue weighted by molar-refractivity contribution is -0.148. The second-order valence-electron chi connectivity index (χ2n) is 7.26. The number of carbonyl (C=O) groups is 1. The van der Waals surface area contributed by atoms with Crippen molar-refractivity contribution in [3.05, 3.63) is 59.7 Å². The van der Waals surface area contributed by atoms with Crippen LogP contribution in [0, 0.1) is 0 Å². The van der Waals surface area contributed by atoms with Crippen molar-refractivity contribution in [3.63, 3.8) is 0 Å². The third-order valence-corrected chi connectivity index (χ3v) is 4.91. The molecule has 0 saturated carbocycles. The normalized spacial score (nSPS) is 11.7. The van der Waals surface area contributed by atoms with E-state index in [-0.39, 0.29) is 12.0 Å². The lowest BCUT2D eigenvalue weighted by Gasteiger charge is -2.26. The highest BCUT2D eigenvalue weighted by atomic mass is 35.5. The second-order valence-corrected chi connectivity index (χ2v) is 7.64. The minimum Gasteiger partial charge on any atom is -0.494 e. The first-order valence-corrected chi connectivity index (χ1v) is 11.2. The van der Waals surface area contributed by atoms with E-state index in [4.69, 9.17) is 25.8 Å². The third-order valence-electron chi connectivity index (χ3n) is 4.64.